The third-order valence-electron chi connectivity index (χ3n) is 4.41. The number of para-hydroxylation sites is 1. The van der Waals surface area contributed by atoms with Crippen LogP contribution in [0.15, 0.2) is 48.8 Å². The molecule has 5 nitrogen and oxygen atoms in total. The zero-order chi connectivity index (χ0) is 18.3. The summed E-state index contributed by atoms with van der Waals surface area (Å²) in [6.45, 7) is 0. The lowest BCUT2D eigenvalue weighted by atomic mass is 9.89. The molecule has 3 aromatic rings. The molecule has 0 radical (unpaired) electrons. The molecule has 132 valence electrons. The van der Waals surface area contributed by atoms with Gasteiger partial charge < -0.3 is 10.1 Å². The van der Waals surface area contributed by atoms with Crippen LogP contribution in [0.1, 0.15) is 23.6 Å². The minimum absolute atomic E-state index is 0.202. The van der Waals surface area contributed by atoms with Gasteiger partial charge in [0.2, 0.25) is 5.91 Å². The van der Waals surface area contributed by atoms with Gasteiger partial charge in [-0.3, -0.25) is 9.36 Å². The van der Waals surface area contributed by atoms with Crippen molar-refractivity contribution in [3.8, 4) is 11.4 Å². The monoisotopic (exact) mass is 355 g/mol. The predicted molar refractivity (Wildman–Crippen MR) is 91.6 cm³/mol. The number of hydrogen-bond acceptors (Lipinski definition) is 3. The lowest BCUT2D eigenvalue weighted by Gasteiger charge is -2.24. The Bertz CT molecular complexity index is 980. The molecule has 0 saturated carbocycles. The Morgan fingerprint density at radius 1 is 1.19 bits per heavy atom. The van der Waals surface area contributed by atoms with E-state index in [9.17, 15) is 13.6 Å². The third-order valence-corrected chi connectivity index (χ3v) is 4.41. The van der Waals surface area contributed by atoms with Crippen LogP contribution in [-0.2, 0) is 4.79 Å². The van der Waals surface area contributed by atoms with Crippen molar-refractivity contribution in [2.75, 3.05) is 12.4 Å². The first-order chi connectivity index (χ1) is 12.6. The number of halogens is 2. The number of nitrogens with one attached hydrogen (secondary N) is 1. The second-order valence-corrected chi connectivity index (χ2v) is 6.02. The molecular weight excluding hydrogens is 340 g/mol. The minimum atomic E-state index is -0.703. The van der Waals surface area contributed by atoms with Gasteiger partial charge in [0.15, 0.2) is 0 Å². The maximum atomic E-state index is 13.6. The number of methoxy groups -OCH3 is 1. The first kappa shape index (κ1) is 16.3. The van der Waals surface area contributed by atoms with Gasteiger partial charge in [0.05, 0.1) is 18.5 Å². The number of anilines is 1. The highest BCUT2D eigenvalue weighted by Crippen LogP contribution is 2.40. The summed E-state index contributed by atoms with van der Waals surface area (Å²) < 4.78 is 34.1. The number of ether oxygens (including phenoxy) is 1. The molecule has 0 spiro atoms. The van der Waals surface area contributed by atoms with E-state index in [0.717, 1.165) is 11.6 Å². The Balaban J connectivity index is 1.85. The summed E-state index contributed by atoms with van der Waals surface area (Å²) in [6.07, 6.45) is 1.66. The third kappa shape index (κ3) is 2.71. The number of carbonyl (C=O) groups excluding carboxylic acids is 1. The summed E-state index contributed by atoms with van der Waals surface area (Å²) in [5.74, 6) is -0.857. The van der Waals surface area contributed by atoms with Gasteiger partial charge in [0.25, 0.3) is 0 Å². The maximum absolute atomic E-state index is 13.6. The van der Waals surface area contributed by atoms with Crippen LogP contribution in [0, 0.1) is 11.6 Å². The molecule has 1 N–H and O–H groups in total. The average molecular weight is 355 g/mol. The molecule has 26 heavy (non-hydrogen) atoms. The number of amides is 1. The Morgan fingerprint density at radius 2 is 1.92 bits per heavy atom. The van der Waals surface area contributed by atoms with Gasteiger partial charge in [-0.25, -0.2) is 13.8 Å². The van der Waals surface area contributed by atoms with Gasteiger partial charge in [-0.1, -0.05) is 18.2 Å². The van der Waals surface area contributed by atoms with Gasteiger partial charge in [0, 0.05) is 24.0 Å². The smallest absolute Gasteiger partial charge is 0.226 e. The summed E-state index contributed by atoms with van der Waals surface area (Å²) >= 11 is 0. The van der Waals surface area contributed by atoms with E-state index in [1.807, 2.05) is 24.3 Å². The molecule has 2 aromatic carbocycles. The van der Waals surface area contributed by atoms with Crippen molar-refractivity contribution in [2.24, 2.45) is 0 Å². The highest BCUT2D eigenvalue weighted by molar-refractivity contribution is 5.94. The van der Waals surface area contributed by atoms with Crippen LogP contribution in [0.3, 0.4) is 0 Å². The number of fused-ring (bicyclic) bond motifs is 1. The summed E-state index contributed by atoms with van der Waals surface area (Å²) in [5.41, 5.74) is 1.71. The van der Waals surface area contributed by atoms with Gasteiger partial charge in [-0.05, 0) is 18.2 Å². The molecule has 1 aliphatic heterocycles. The number of rotatable bonds is 3. The first-order valence-electron chi connectivity index (χ1n) is 8.03. The van der Waals surface area contributed by atoms with Crippen LogP contribution in [0.4, 0.5) is 14.6 Å². The molecule has 4 rings (SSSR count). The van der Waals surface area contributed by atoms with Crippen LogP contribution in [0.5, 0.6) is 5.75 Å². The quantitative estimate of drug-likeness (QED) is 0.781. The van der Waals surface area contributed by atoms with Crippen molar-refractivity contribution in [1.29, 1.82) is 0 Å². The summed E-state index contributed by atoms with van der Waals surface area (Å²) in [5, 5.41) is 2.76. The number of nitrogens with zero attached hydrogens (tertiary/aromatic N) is 2. The Hall–Kier alpha value is -3.22. The largest absolute Gasteiger partial charge is 0.496 e. The maximum Gasteiger partial charge on any atom is 0.226 e. The van der Waals surface area contributed by atoms with Crippen molar-refractivity contribution in [2.45, 2.75) is 12.3 Å². The molecule has 0 saturated heterocycles. The second kappa shape index (κ2) is 6.25. The molecule has 1 amide bonds. The molecule has 0 fully saturated rings. The molecular formula is C19H15F2N3O2. The van der Waals surface area contributed by atoms with Crippen molar-refractivity contribution in [3.05, 3.63) is 71.7 Å². The summed E-state index contributed by atoms with van der Waals surface area (Å²) in [4.78, 5) is 16.7. The Morgan fingerprint density at radius 3 is 2.65 bits per heavy atom. The van der Waals surface area contributed by atoms with E-state index >= 15 is 0 Å². The van der Waals surface area contributed by atoms with E-state index in [1.54, 1.807) is 7.11 Å². The molecule has 7 heteroatoms. The summed E-state index contributed by atoms with van der Waals surface area (Å²) in [7, 11) is 1.57. The number of benzene rings is 2. The van der Waals surface area contributed by atoms with Crippen molar-refractivity contribution < 1.29 is 18.3 Å². The predicted octanol–water partition coefficient (Wildman–Crippen LogP) is 3.63. The van der Waals surface area contributed by atoms with Crippen LogP contribution in [0.2, 0.25) is 0 Å². The normalized spacial score (nSPS) is 16.1. The molecule has 1 aromatic heterocycles. The average Bonchev–Trinajstić information content (AvgIpc) is 3.04. The fourth-order valence-corrected chi connectivity index (χ4v) is 3.29. The first-order valence-corrected chi connectivity index (χ1v) is 8.03. The molecule has 0 bridgehead atoms. The van der Waals surface area contributed by atoms with Crippen molar-refractivity contribution >= 4 is 11.7 Å². The molecule has 0 aliphatic carbocycles. The number of carbonyl (C=O) groups is 1. The van der Waals surface area contributed by atoms with Gasteiger partial charge >= 0.3 is 0 Å². The Labute approximate surface area is 148 Å². The molecule has 0 unspecified atom stereocenters. The van der Waals surface area contributed by atoms with E-state index < -0.39 is 11.6 Å². The van der Waals surface area contributed by atoms with Crippen LogP contribution in [-0.4, -0.2) is 22.6 Å². The highest BCUT2D eigenvalue weighted by Gasteiger charge is 2.32. The van der Waals surface area contributed by atoms with E-state index in [0.29, 0.717) is 17.3 Å². The second-order valence-electron chi connectivity index (χ2n) is 6.02. The van der Waals surface area contributed by atoms with Gasteiger partial charge in [-0.15, -0.1) is 0 Å². The molecule has 1 aliphatic rings. The fourth-order valence-electron chi connectivity index (χ4n) is 3.29. The van der Waals surface area contributed by atoms with Crippen LogP contribution >= 0.6 is 0 Å². The van der Waals surface area contributed by atoms with Gasteiger partial charge in [-0.2, -0.15) is 0 Å². The zero-order valence-corrected chi connectivity index (χ0v) is 13.9. The number of hydrogen-bond donors (Lipinski definition) is 1. The van der Waals surface area contributed by atoms with E-state index in [1.165, 1.54) is 23.0 Å². The number of aromatic nitrogens is 2. The van der Waals surface area contributed by atoms with E-state index in [4.69, 9.17) is 4.74 Å². The van der Waals surface area contributed by atoms with Crippen LogP contribution < -0.4 is 10.1 Å². The summed E-state index contributed by atoms with van der Waals surface area (Å²) in [6, 6.07) is 10.6. The standard InChI is InChI=1S/C19H15F2N3O2/c1-26-16-5-3-2-4-14(16)15-9-17(25)23-19-18(15)22-10-24(19)13-7-11(20)6-12(21)8-13/h2-8,10,15H,9H2,1H3,(H,23,25)/t15-/m0/s1. The minimum Gasteiger partial charge on any atom is -0.496 e. The Kier molecular flexibility index (Phi) is 3.91. The highest BCUT2D eigenvalue weighted by atomic mass is 19.1. The zero-order valence-electron chi connectivity index (χ0n) is 13.9. The molecule has 2 heterocycles. The van der Waals surface area contributed by atoms with E-state index in [-0.39, 0.29) is 23.9 Å². The van der Waals surface area contributed by atoms with E-state index in [2.05, 4.69) is 10.3 Å². The lowest BCUT2D eigenvalue weighted by Crippen LogP contribution is -2.25. The van der Waals surface area contributed by atoms with Crippen LogP contribution in [0.25, 0.3) is 5.69 Å². The van der Waals surface area contributed by atoms with Gasteiger partial charge in [0.1, 0.15) is 29.5 Å². The lowest BCUT2D eigenvalue weighted by molar-refractivity contribution is -0.116. The fraction of sp³-hybridized carbons (Fsp3) is 0.158. The topological polar surface area (TPSA) is 56.1 Å². The molecule has 1 atom stereocenters. The van der Waals surface area contributed by atoms with Crippen molar-refractivity contribution in [1.82, 2.24) is 9.55 Å². The van der Waals surface area contributed by atoms with Crippen molar-refractivity contribution in [3.63, 3.8) is 0 Å². The SMILES string of the molecule is COc1ccccc1[C@@H]1CC(=O)Nc2c1ncn2-c1cc(F)cc(F)c1. The number of imidazole rings is 1.